The number of fused-ring (bicyclic) bond motifs is 1. The van der Waals surface area contributed by atoms with E-state index in [9.17, 15) is 9.59 Å². The first-order valence-corrected chi connectivity index (χ1v) is 10.6. The molecule has 8 heteroatoms. The highest BCUT2D eigenvalue weighted by Gasteiger charge is 2.29. The molecule has 0 radical (unpaired) electrons. The van der Waals surface area contributed by atoms with Gasteiger partial charge in [-0.05, 0) is 53.0 Å². The van der Waals surface area contributed by atoms with Crippen LogP contribution >= 0.6 is 27.5 Å². The Kier molecular flexibility index (Phi) is 5.96. The molecule has 0 aromatic heterocycles. The number of rotatable bonds is 3. The van der Waals surface area contributed by atoms with Gasteiger partial charge in [0.1, 0.15) is 13.2 Å². The number of nitrogens with zero attached hydrogens (tertiary/aromatic N) is 1. The molecule has 1 saturated heterocycles. The number of ether oxygens (including phenoxy) is 2. The molecule has 1 fully saturated rings. The number of carbonyl (C=O) groups is 2. The van der Waals surface area contributed by atoms with Gasteiger partial charge in [-0.15, -0.1) is 0 Å². The van der Waals surface area contributed by atoms with Crippen LogP contribution in [0, 0.1) is 5.92 Å². The van der Waals surface area contributed by atoms with Gasteiger partial charge in [-0.2, -0.15) is 0 Å². The van der Waals surface area contributed by atoms with Crippen molar-refractivity contribution in [2.24, 2.45) is 5.92 Å². The Morgan fingerprint density at radius 1 is 1.10 bits per heavy atom. The summed E-state index contributed by atoms with van der Waals surface area (Å²) in [5.74, 6) is 0.784. The van der Waals surface area contributed by atoms with Gasteiger partial charge < -0.3 is 19.7 Å². The van der Waals surface area contributed by atoms with Crippen molar-refractivity contribution in [3.05, 3.63) is 51.5 Å². The van der Waals surface area contributed by atoms with Gasteiger partial charge in [-0.3, -0.25) is 9.59 Å². The molecular formula is C21H20BrClN2O4. The van der Waals surface area contributed by atoms with Crippen molar-refractivity contribution < 1.29 is 19.1 Å². The maximum atomic E-state index is 12.9. The Hall–Kier alpha value is -2.25. The van der Waals surface area contributed by atoms with Gasteiger partial charge >= 0.3 is 0 Å². The lowest BCUT2D eigenvalue weighted by atomic mass is 9.96. The number of nitrogens with one attached hydrogen (secondary N) is 1. The molecular weight excluding hydrogens is 460 g/mol. The smallest absolute Gasteiger partial charge is 0.253 e. The third-order valence-electron chi connectivity index (χ3n) is 5.06. The van der Waals surface area contributed by atoms with E-state index >= 15 is 0 Å². The highest BCUT2D eigenvalue weighted by atomic mass is 79.9. The van der Waals surface area contributed by atoms with Crippen LogP contribution in [0.4, 0.5) is 5.69 Å². The van der Waals surface area contributed by atoms with Crippen LogP contribution in [0.15, 0.2) is 40.9 Å². The van der Waals surface area contributed by atoms with Crippen LogP contribution in [0.2, 0.25) is 5.02 Å². The van der Waals surface area contributed by atoms with Crippen molar-refractivity contribution in [2.75, 3.05) is 31.6 Å². The molecule has 1 N–H and O–H groups in total. The van der Waals surface area contributed by atoms with Gasteiger partial charge in [0.05, 0.1) is 11.6 Å². The average Bonchev–Trinajstić information content (AvgIpc) is 2.74. The zero-order valence-electron chi connectivity index (χ0n) is 15.6. The van der Waals surface area contributed by atoms with Gasteiger partial charge in [0.15, 0.2) is 11.5 Å². The predicted octanol–water partition coefficient (Wildman–Crippen LogP) is 4.36. The topological polar surface area (TPSA) is 67.9 Å². The van der Waals surface area contributed by atoms with E-state index in [4.69, 9.17) is 21.1 Å². The lowest BCUT2D eigenvalue weighted by Crippen LogP contribution is -2.43. The first kappa shape index (κ1) is 20.0. The Morgan fingerprint density at radius 2 is 1.79 bits per heavy atom. The van der Waals surface area contributed by atoms with E-state index in [1.807, 2.05) is 0 Å². The minimum absolute atomic E-state index is 0.0836. The minimum atomic E-state index is -0.278. The third-order valence-corrected chi connectivity index (χ3v) is 5.97. The van der Waals surface area contributed by atoms with Gasteiger partial charge in [-0.1, -0.05) is 11.6 Å². The summed E-state index contributed by atoms with van der Waals surface area (Å²) in [5.41, 5.74) is 1.20. The molecule has 29 heavy (non-hydrogen) atoms. The predicted molar refractivity (Wildman–Crippen MR) is 114 cm³/mol. The molecule has 2 aliphatic heterocycles. The van der Waals surface area contributed by atoms with Crippen molar-refractivity contribution in [1.29, 1.82) is 0 Å². The van der Waals surface area contributed by atoms with Crippen LogP contribution in [-0.2, 0) is 4.79 Å². The van der Waals surface area contributed by atoms with Crippen LogP contribution in [0.1, 0.15) is 23.2 Å². The molecule has 4 rings (SSSR count). The number of halogens is 2. The summed E-state index contributed by atoms with van der Waals surface area (Å²) in [6.45, 7) is 2.01. The Morgan fingerprint density at radius 3 is 2.52 bits per heavy atom. The summed E-state index contributed by atoms with van der Waals surface area (Å²) in [5, 5.41) is 3.55. The van der Waals surface area contributed by atoms with E-state index in [0.29, 0.717) is 54.1 Å². The number of likely N-dealkylation sites (tertiary alicyclic amines) is 1. The fourth-order valence-corrected chi connectivity index (χ4v) is 4.09. The zero-order chi connectivity index (χ0) is 20.4. The maximum absolute atomic E-state index is 12.9. The number of hydrogen-bond donors (Lipinski definition) is 1. The summed E-state index contributed by atoms with van der Waals surface area (Å²) in [7, 11) is 0. The van der Waals surface area contributed by atoms with E-state index in [-0.39, 0.29) is 17.7 Å². The molecule has 152 valence electrons. The molecule has 2 aromatic carbocycles. The number of piperidine rings is 1. The molecule has 2 aliphatic rings. The van der Waals surface area contributed by atoms with Crippen molar-refractivity contribution in [2.45, 2.75) is 12.8 Å². The van der Waals surface area contributed by atoms with Crippen LogP contribution in [0.3, 0.4) is 0 Å². The van der Waals surface area contributed by atoms with Gasteiger partial charge in [-0.25, -0.2) is 0 Å². The minimum Gasteiger partial charge on any atom is -0.486 e. The largest absolute Gasteiger partial charge is 0.486 e. The van der Waals surface area contributed by atoms with Crippen LogP contribution in [-0.4, -0.2) is 43.0 Å². The normalized spacial score (nSPS) is 18.3. The first-order valence-electron chi connectivity index (χ1n) is 9.46. The van der Waals surface area contributed by atoms with Crippen LogP contribution in [0.5, 0.6) is 11.5 Å². The average molecular weight is 480 g/mol. The molecule has 1 atom stereocenters. The molecule has 0 aliphatic carbocycles. The number of benzene rings is 2. The van der Waals surface area contributed by atoms with E-state index in [1.165, 1.54) is 0 Å². The van der Waals surface area contributed by atoms with Crippen LogP contribution < -0.4 is 14.8 Å². The van der Waals surface area contributed by atoms with E-state index in [0.717, 1.165) is 17.3 Å². The highest BCUT2D eigenvalue weighted by molar-refractivity contribution is 9.10. The fourth-order valence-electron chi connectivity index (χ4n) is 3.55. The third kappa shape index (κ3) is 4.51. The molecule has 2 heterocycles. The number of amides is 2. The fraction of sp³-hybridized carbons (Fsp3) is 0.333. The van der Waals surface area contributed by atoms with Gasteiger partial charge in [0.2, 0.25) is 5.91 Å². The standard InChI is InChI=1S/C21H20BrClN2O4/c22-16-10-18-19(29-9-8-28-18)11-17(16)24-20(26)14-2-1-7-25(12-14)21(27)13-3-5-15(23)6-4-13/h3-6,10-11,14H,1-2,7-9,12H2,(H,24,26). The SMILES string of the molecule is O=C(Nc1cc2c(cc1Br)OCCO2)C1CCCN(C(=O)c2ccc(Cl)cc2)C1. The molecule has 0 spiro atoms. The Balaban J connectivity index is 1.44. The summed E-state index contributed by atoms with van der Waals surface area (Å²) in [6.07, 6.45) is 1.51. The quantitative estimate of drug-likeness (QED) is 0.710. The van der Waals surface area contributed by atoms with E-state index in [2.05, 4.69) is 21.2 Å². The number of carbonyl (C=O) groups excluding carboxylic acids is 2. The summed E-state index contributed by atoms with van der Waals surface area (Å²) >= 11 is 9.38. The van der Waals surface area contributed by atoms with Crippen molar-refractivity contribution >= 4 is 45.0 Å². The molecule has 0 bridgehead atoms. The molecule has 1 unspecified atom stereocenters. The lowest BCUT2D eigenvalue weighted by molar-refractivity contribution is -0.121. The summed E-state index contributed by atoms with van der Waals surface area (Å²) in [6, 6.07) is 10.4. The van der Waals surface area contributed by atoms with Gasteiger partial charge in [0.25, 0.3) is 5.91 Å². The molecule has 2 aromatic rings. The number of hydrogen-bond acceptors (Lipinski definition) is 4. The Labute approximate surface area is 182 Å². The summed E-state index contributed by atoms with van der Waals surface area (Å²) in [4.78, 5) is 27.4. The second-order valence-electron chi connectivity index (χ2n) is 7.06. The first-order chi connectivity index (χ1) is 14.0. The van der Waals surface area contributed by atoms with Crippen molar-refractivity contribution in [3.8, 4) is 11.5 Å². The van der Waals surface area contributed by atoms with Crippen LogP contribution in [0.25, 0.3) is 0 Å². The maximum Gasteiger partial charge on any atom is 0.253 e. The van der Waals surface area contributed by atoms with Crippen molar-refractivity contribution in [1.82, 2.24) is 4.90 Å². The van der Waals surface area contributed by atoms with E-state index < -0.39 is 0 Å². The Bertz CT molecular complexity index is 935. The van der Waals surface area contributed by atoms with E-state index in [1.54, 1.807) is 41.3 Å². The lowest BCUT2D eigenvalue weighted by Gasteiger charge is -2.32. The molecule has 6 nitrogen and oxygen atoms in total. The second kappa shape index (κ2) is 8.63. The zero-order valence-corrected chi connectivity index (χ0v) is 18.0. The van der Waals surface area contributed by atoms with Crippen molar-refractivity contribution in [3.63, 3.8) is 0 Å². The number of anilines is 1. The molecule has 2 amide bonds. The molecule has 0 saturated carbocycles. The second-order valence-corrected chi connectivity index (χ2v) is 8.35. The highest BCUT2D eigenvalue weighted by Crippen LogP contribution is 2.38. The monoisotopic (exact) mass is 478 g/mol. The van der Waals surface area contributed by atoms with Gasteiger partial charge in [0, 0.05) is 40.3 Å². The summed E-state index contributed by atoms with van der Waals surface area (Å²) < 4.78 is 11.9.